The summed E-state index contributed by atoms with van der Waals surface area (Å²) in [5, 5.41) is 5.55. The lowest BCUT2D eigenvalue weighted by atomic mass is 10.1. The minimum absolute atomic E-state index is 0.239. The Morgan fingerprint density at radius 3 is 2.80 bits per heavy atom. The van der Waals surface area contributed by atoms with Gasteiger partial charge in [0, 0.05) is 11.8 Å². The van der Waals surface area contributed by atoms with Crippen LogP contribution in [0, 0.1) is 0 Å². The summed E-state index contributed by atoms with van der Waals surface area (Å²) in [5.74, 6) is 1.04. The molecule has 0 saturated carbocycles. The minimum atomic E-state index is -0.657. The molecule has 1 atom stereocenters. The van der Waals surface area contributed by atoms with Gasteiger partial charge in [-0.3, -0.25) is 9.59 Å². The maximum atomic E-state index is 12.7. The number of carbonyl (C=O) groups excluding carboxylic acids is 2. The molecular formula is C18H16N2O5. The van der Waals surface area contributed by atoms with Crippen LogP contribution in [0.15, 0.2) is 36.4 Å². The molecular weight excluding hydrogens is 324 g/mol. The van der Waals surface area contributed by atoms with Gasteiger partial charge in [-0.15, -0.1) is 0 Å². The molecule has 25 heavy (non-hydrogen) atoms. The van der Waals surface area contributed by atoms with Crippen LogP contribution in [0.3, 0.4) is 0 Å². The van der Waals surface area contributed by atoms with Crippen LogP contribution in [0.25, 0.3) is 0 Å². The Kier molecular flexibility index (Phi) is 3.68. The van der Waals surface area contributed by atoms with E-state index in [1.165, 1.54) is 0 Å². The number of rotatable bonds is 2. The van der Waals surface area contributed by atoms with Gasteiger partial charge in [-0.1, -0.05) is 6.07 Å². The van der Waals surface area contributed by atoms with Crippen LogP contribution in [-0.4, -0.2) is 31.1 Å². The number of anilines is 2. The SMILES string of the molecule is CC1Oc2c(cccc2C(=O)Nc2ccc3c(c2)OCCO3)NC1=O. The molecule has 0 aliphatic carbocycles. The second-order valence-corrected chi connectivity index (χ2v) is 5.74. The monoisotopic (exact) mass is 340 g/mol. The normalized spacial score (nSPS) is 17.8. The Balaban J connectivity index is 1.60. The Morgan fingerprint density at radius 2 is 1.96 bits per heavy atom. The molecule has 0 bridgehead atoms. The van der Waals surface area contributed by atoms with Gasteiger partial charge >= 0.3 is 0 Å². The number of hydrogen-bond acceptors (Lipinski definition) is 5. The molecule has 7 nitrogen and oxygen atoms in total. The van der Waals surface area contributed by atoms with E-state index >= 15 is 0 Å². The molecule has 4 rings (SSSR count). The van der Waals surface area contributed by atoms with Gasteiger partial charge in [-0.25, -0.2) is 0 Å². The Labute approximate surface area is 143 Å². The zero-order valence-electron chi connectivity index (χ0n) is 13.5. The number of benzene rings is 2. The van der Waals surface area contributed by atoms with Crippen LogP contribution >= 0.6 is 0 Å². The van der Waals surface area contributed by atoms with E-state index in [9.17, 15) is 9.59 Å². The minimum Gasteiger partial charge on any atom is -0.486 e. The number of nitrogens with one attached hydrogen (secondary N) is 2. The van der Waals surface area contributed by atoms with E-state index in [1.54, 1.807) is 43.3 Å². The zero-order chi connectivity index (χ0) is 17.4. The summed E-state index contributed by atoms with van der Waals surface area (Å²) in [6.45, 7) is 2.62. The quantitative estimate of drug-likeness (QED) is 0.877. The number of fused-ring (bicyclic) bond motifs is 2. The molecule has 1 unspecified atom stereocenters. The van der Waals surface area contributed by atoms with E-state index in [1.807, 2.05) is 0 Å². The molecule has 0 aromatic heterocycles. The van der Waals surface area contributed by atoms with Crippen LogP contribution in [0.5, 0.6) is 17.2 Å². The molecule has 0 saturated heterocycles. The van der Waals surface area contributed by atoms with Crippen molar-refractivity contribution in [3.05, 3.63) is 42.0 Å². The summed E-state index contributed by atoms with van der Waals surface area (Å²) in [4.78, 5) is 24.4. The predicted molar refractivity (Wildman–Crippen MR) is 90.5 cm³/mol. The largest absolute Gasteiger partial charge is 0.486 e. The molecule has 0 spiro atoms. The first-order chi connectivity index (χ1) is 12.1. The maximum Gasteiger partial charge on any atom is 0.265 e. The highest BCUT2D eigenvalue weighted by molar-refractivity contribution is 6.09. The first-order valence-electron chi connectivity index (χ1n) is 7.93. The maximum absolute atomic E-state index is 12.7. The highest BCUT2D eigenvalue weighted by Gasteiger charge is 2.27. The van der Waals surface area contributed by atoms with Crippen molar-refractivity contribution in [2.24, 2.45) is 0 Å². The standard InChI is InChI=1S/C18H16N2O5/c1-10-17(21)20-13-4-2-3-12(16(13)25-10)18(22)19-11-5-6-14-15(9-11)24-8-7-23-14/h2-6,9-10H,7-8H2,1H3,(H,19,22)(H,20,21). The number of carbonyl (C=O) groups is 2. The second-order valence-electron chi connectivity index (χ2n) is 5.74. The molecule has 2 N–H and O–H groups in total. The summed E-state index contributed by atoms with van der Waals surface area (Å²) in [5.41, 5.74) is 1.41. The third-order valence-corrected chi connectivity index (χ3v) is 3.98. The summed E-state index contributed by atoms with van der Waals surface area (Å²) in [6, 6.07) is 10.2. The summed E-state index contributed by atoms with van der Waals surface area (Å²) in [6.07, 6.45) is -0.657. The fourth-order valence-corrected chi connectivity index (χ4v) is 2.73. The van der Waals surface area contributed by atoms with Crippen molar-refractivity contribution in [1.82, 2.24) is 0 Å². The van der Waals surface area contributed by atoms with Gasteiger partial charge in [-0.2, -0.15) is 0 Å². The van der Waals surface area contributed by atoms with Crippen molar-refractivity contribution in [2.75, 3.05) is 23.8 Å². The molecule has 7 heteroatoms. The predicted octanol–water partition coefficient (Wildman–Crippen LogP) is 2.43. The molecule has 0 radical (unpaired) electrons. The fourth-order valence-electron chi connectivity index (χ4n) is 2.73. The van der Waals surface area contributed by atoms with Crippen molar-refractivity contribution in [3.63, 3.8) is 0 Å². The van der Waals surface area contributed by atoms with E-state index in [0.29, 0.717) is 47.4 Å². The van der Waals surface area contributed by atoms with E-state index in [0.717, 1.165) is 0 Å². The molecule has 0 fully saturated rings. The lowest BCUT2D eigenvalue weighted by Crippen LogP contribution is -2.35. The topological polar surface area (TPSA) is 85.9 Å². The lowest BCUT2D eigenvalue weighted by Gasteiger charge is -2.25. The van der Waals surface area contributed by atoms with Gasteiger partial charge in [0.25, 0.3) is 11.8 Å². The first kappa shape index (κ1) is 15.3. The zero-order valence-corrected chi connectivity index (χ0v) is 13.5. The second kappa shape index (κ2) is 6.01. The third-order valence-electron chi connectivity index (χ3n) is 3.98. The average Bonchev–Trinajstić information content (AvgIpc) is 2.62. The lowest BCUT2D eigenvalue weighted by molar-refractivity contribution is -0.122. The van der Waals surface area contributed by atoms with E-state index in [4.69, 9.17) is 14.2 Å². The smallest absolute Gasteiger partial charge is 0.265 e. The number of para-hydroxylation sites is 1. The fraction of sp³-hybridized carbons (Fsp3) is 0.222. The van der Waals surface area contributed by atoms with Gasteiger partial charge in [-0.05, 0) is 31.2 Å². The van der Waals surface area contributed by atoms with Crippen LogP contribution in [-0.2, 0) is 4.79 Å². The van der Waals surface area contributed by atoms with Crippen molar-refractivity contribution in [2.45, 2.75) is 13.0 Å². The summed E-state index contributed by atoms with van der Waals surface area (Å²) >= 11 is 0. The molecule has 128 valence electrons. The Morgan fingerprint density at radius 1 is 1.16 bits per heavy atom. The first-order valence-corrected chi connectivity index (χ1v) is 7.93. The number of hydrogen-bond donors (Lipinski definition) is 2. The Hall–Kier alpha value is -3.22. The van der Waals surface area contributed by atoms with Crippen molar-refractivity contribution in [3.8, 4) is 17.2 Å². The molecule has 2 aliphatic heterocycles. The van der Waals surface area contributed by atoms with Crippen LogP contribution in [0.2, 0.25) is 0 Å². The number of amides is 2. The van der Waals surface area contributed by atoms with E-state index in [2.05, 4.69) is 10.6 Å². The highest BCUT2D eigenvalue weighted by atomic mass is 16.6. The molecule has 2 heterocycles. The van der Waals surface area contributed by atoms with Gasteiger partial charge in [0.1, 0.15) is 13.2 Å². The van der Waals surface area contributed by atoms with Gasteiger partial charge < -0.3 is 24.8 Å². The molecule has 2 aromatic carbocycles. The number of ether oxygens (including phenoxy) is 3. The molecule has 2 aliphatic rings. The summed E-state index contributed by atoms with van der Waals surface area (Å²) in [7, 11) is 0. The van der Waals surface area contributed by atoms with Crippen LogP contribution in [0.1, 0.15) is 17.3 Å². The van der Waals surface area contributed by atoms with Gasteiger partial charge in [0.15, 0.2) is 23.4 Å². The van der Waals surface area contributed by atoms with E-state index in [-0.39, 0.29) is 11.8 Å². The van der Waals surface area contributed by atoms with Crippen LogP contribution in [0.4, 0.5) is 11.4 Å². The van der Waals surface area contributed by atoms with E-state index < -0.39 is 6.10 Å². The molecule has 2 aromatic rings. The highest BCUT2D eigenvalue weighted by Crippen LogP contribution is 2.35. The average molecular weight is 340 g/mol. The van der Waals surface area contributed by atoms with Crippen LogP contribution < -0.4 is 24.8 Å². The van der Waals surface area contributed by atoms with Gasteiger partial charge in [0.2, 0.25) is 0 Å². The van der Waals surface area contributed by atoms with Crippen molar-refractivity contribution in [1.29, 1.82) is 0 Å². The Bertz CT molecular complexity index is 865. The van der Waals surface area contributed by atoms with Crippen molar-refractivity contribution < 1.29 is 23.8 Å². The van der Waals surface area contributed by atoms with Crippen molar-refractivity contribution >= 4 is 23.2 Å². The summed E-state index contributed by atoms with van der Waals surface area (Å²) < 4.78 is 16.6. The van der Waals surface area contributed by atoms with Gasteiger partial charge in [0.05, 0.1) is 11.3 Å². The molecule has 2 amide bonds. The third kappa shape index (κ3) is 2.84.